The molecule has 0 amide bonds. The number of ether oxygens (including phenoxy) is 1. The zero-order chi connectivity index (χ0) is 11.9. The second-order valence-corrected chi connectivity index (χ2v) is 5.36. The van der Waals surface area contributed by atoms with E-state index >= 15 is 0 Å². The van der Waals surface area contributed by atoms with Gasteiger partial charge in [0.05, 0.1) is 12.7 Å². The molecule has 0 aliphatic heterocycles. The van der Waals surface area contributed by atoms with Gasteiger partial charge in [-0.2, -0.15) is 0 Å². The van der Waals surface area contributed by atoms with E-state index in [-0.39, 0.29) is 5.54 Å². The monoisotopic (exact) mass is 213 g/mol. The van der Waals surface area contributed by atoms with Crippen molar-refractivity contribution in [2.24, 2.45) is 5.92 Å². The van der Waals surface area contributed by atoms with Crippen LogP contribution in [0.2, 0.25) is 0 Å². The Bertz CT molecular complexity index is 170. The second kappa shape index (κ2) is 7.02. The first-order chi connectivity index (χ1) is 6.87. The van der Waals surface area contributed by atoms with Crippen molar-refractivity contribution in [3.05, 3.63) is 12.7 Å². The summed E-state index contributed by atoms with van der Waals surface area (Å²) in [5, 5.41) is 3.48. The summed E-state index contributed by atoms with van der Waals surface area (Å²) in [5.74, 6) is 0.546. The smallest absolute Gasteiger partial charge is 0.0722 e. The molecule has 0 aromatic heterocycles. The third kappa shape index (κ3) is 8.64. The molecule has 0 radical (unpaired) electrons. The Labute approximate surface area is 95.1 Å². The van der Waals surface area contributed by atoms with Crippen molar-refractivity contribution in [2.75, 3.05) is 13.2 Å². The molecule has 2 nitrogen and oxygen atoms in total. The Kier molecular flexibility index (Phi) is 6.86. The van der Waals surface area contributed by atoms with Gasteiger partial charge in [-0.25, -0.2) is 0 Å². The van der Waals surface area contributed by atoms with Crippen molar-refractivity contribution >= 4 is 0 Å². The maximum atomic E-state index is 5.81. The van der Waals surface area contributed by atoms with Crippen LogP contribution in [0.1, 0.15) is 41.0 Å². The minimum absolute atomic E-state index is 0.162. The van der Waals surface area contributed by atoms with E-state index in [1.54, 1.807) is 0 Å². The maximum absolute atomic E-state index is 5.81. The van der Waals surface area contributed by atoms with Crippen molar-refractivity contribution in [2.45, 2.75) is 52.7 Å². The summed E-state index contributed by atoms with van der Waals surface area (Å²) in [6, 6.07) is 0. The van der Waals surface area contributed by atoms with Crippen LogP contribution in [0.5, 0.6) is 0 Å². The van der Waals surface area contributed by atoms with Gasteiger partial charge in [-0.05, 0) is 33.1 Å². The summed E-state index contributed by atoms with van der Waals surface area (Å²) < 4.78 is 5.81. The molecule has 15 heavy (non-hydrogen) atoms. The third-order valence-electron chi connectivity index (χ3n) is 2.23. The van der Waals surface area contributed by atoms with Crippen molar-refractivity contribution < 1.29 is 4.74 Å². The fraction of sp³-hybridized carbons (Fsp3) is 0.846. The first kappa shape index (κ1) is 14.7. The minimum atomic E-state index is 0.162. The maximum Gasteiger partial charge on any atom is 0.0722 e. The lowest BCUT2D eigenvalue weighted by atomic mass is 10.0. The third-order valence-corrected chi connectivity index (χ3v) is 2.23. The molecule has 2 heteroatoms. The molecule has 0 spiro atoms. The first-order valence-electron chi connectivity index (χ1n) is 5.84. The number of rotatable bonds is 7. The lowest BCUT2D eigenvalue weighted by molar-refractivity contribution is 0.0218. The Morgan fingerprint density at radius 3 is 2.33 bits per heavy atom. The van der Waals surface area contributed by atoms with E-state index in [2.05, 4.69) is 46.5 Å². The fourth-order valence-electron chi connectivity index (χ4n) is 1.20. The SMILES string of the molecule is C=CCCOC(CNC(C)(C)C)C(C)C. The van der Waals surface area contributed by atoms with Crippen LogP contribution >= 0.6 is 0 Å². The molecule has 0 aromatic rings. The molecule has 0 rings (SSSR count). The Hall–Kier alpha value is -0.340. The van der Waals surface area contributed by atoms with Gasteiger partial charge >= 0.3 is 0 Å². The van der Waals surface area contributed by atoms with Gasteiger partial charge in [0, 0.05) is 12.1 Å². The van der Waals surface area contributed by atoms with Gasteiger partial charge in [0.1, 0.15) is 0 Å². The fourth-order valence-corrected chi connectivity index (χ4v) is 1.20. The average molecular weight is 213 g/mol. The van der Waals surface area contributed by atoms with Gasteiger partial charge in [0.2, 0.25) is 0 Å². The molecular weight excluding hydrogens is 186 g/mol. The van der Waals surface area contributed by atoms with Gasteiger partial charge in [0.15, 0.2) is 0 Å². The summed E-state index contributed by atoms with van der Waals surface area (Å²) in [5.41, 5.74) is 0.162. The van der Waals surface area contributed by atoms with Crippen LogP contribution in [-0.2, 0) is 4.74 Å². The van der Waals surface area contributed by atoms with Crippen molar-refractivity contribution in [1.82, 2.24) is 5.32 Å². The largest absolute Gasteiger partial charge is 0.376 e. The molecule has 0 saturated heterocycles. The first-order valence-corrected chi connectivity index (χ1v) is 5.84. The zero-order valence-corrected chi connectivity index (χ0v) is 11.0. The Morgan fingerprint density at radius 2 is 1.93 bits per heavy atom. The Morgan fingerprint density at radius 1 is 1.33 bits per heavy atom. The highest BCUT2D eigenvalue weighted by molar-refractivity contribution is 4.75. The van der Waals surface area contributed by atoms with Gasteiger partial charge in [0.25, 0.3) is 0 Å². The number of nitrogens with one attached hydrogen (secondary N) is 1. The van der Waals surface area contributed by atoms with Crippen LogP contribution in [0.15, 0.2) is 12.7 Å². The van der Waals surface area contributed by atoms with Gasteiger partial charge in [-0.1, -0.05) is 19.9 Å². The molecule has 0 bridgehead atoms. The van der Waals surface area contributed by atoms with Crippen LogP contribution in [0.3, 0.4) is 0 Å². The van der Waals surface area contributed by atoms with E-state index in [1.807, 2.05) is 6.08 Å². The average Bonchev–Trinajstić information content (AvgIpc) is 2.08. The van der Waals surface area contributed by atoms with Crippen LogP contribution < -0.4 is 5.32 Å². The Balaban J connectivity index is 3.88. The van der Waals surface area contributed by atoms with E-state index in [0.717, 1.165) is 19.6 Å². The number of hydrogen-bond donors (Lipinski definition) is 1. The molecule has 90 valence electrons. The molecule has 0 saturated carbocycles. The highest BCUT2D eigenvalue weighted by atomic mass is 16.5. The molecule has 1 unspecified atom stereocenters. The van der Waals surface area contributed by atoms with Gasteiger partial charge in [-0.15, -0.1) is 6.58 Å². The highest BCUT2D eigenvalue weighted by Crippen LogP contribution is 2.08. The number of hydrogen-bond acceptors (Lipinski definition) is 2. The normalized spacial score (nSPS) is 14.3. The van der Waals surface area contributed by atoms with E-state index < -0.39 is 0 Å². The van der Waals surface area contributed by atoms with E-state index in [0.29, 0.717) is 12.0 Å². The molecule has 0 fully saturated rings. The van der Waals surface area contributed by atoms with Crippen LogP contribution in [-0.4, -0.2) is 24.8 Å². The topological polar surface area (TPSA) is 21.3 Å². The zero-order valence-electron chi connectivity index (χ0n) is 11.0. The molecule has 0 heterocycles. The van der Waals surface area contributed by atoms with Gasteiger partial charge < -0.3 is 10.1 Å². The van der Waals surface area contributed by atoms with Crippen LogP contribution in [0, 0.1) is 5.92 Å². The standard InChI is InChI=1S/C13H27NO/c1-7-8-9-15-12(11(2)3)10-14-13(4,5)6/h7,11-12,14H,1,8-10H2,2-6H3. The summed E-state index contributed by atoms with van der Waals surface area (Å²) in [6.07, 6.45) is 3.12. The van der Waals surface area contributed by atoms with Crippen LogP contribution in [0.4, 0.5) is 0 Å². The highest BCUT2D eigenvalue weighted by Gasteiger charge is 2.17. The summed E-state index contributed by atoms with van der Waals surface area (Å²) in [6.45, 7) is 16.3. The van der Waals surface area contributed by atoms with Crippen molar-refractivity contribution in [3.8, 4) is 0 Å². The predicted molar refractivity (Wildman–Crippen MR) is 67.1 cm³/mol. The molecule has 1 N–H and O–H groups in total. The minimum Gasteiger partial charge on any atom is -0.376 e. The lowest BCUT2D eigenvalue weighted by Gasteiger charge is -2.27. The quantitative estimate of drug-likeness (QED) is 0.518. The van der Waals surface area contributed by atoms with E-state index in [1.165, 1.54) is 0 Å². The predicted octanol–water partition coefficient (Wildman–Crippen LogP) is 2.99. The summed E-state index contributed by atoms with van der Waals surface area (Å²) in [7, 11) is 0. The van der Waals surface area contributed by atoms with Crippen molar-refractivity contribution in [3.63, 3.8) is 0 Å². The van der Waals surface area contributed by atoms with E-state index in [9.17, 15) is 0 Å². The van der Waals surface area contributed by atoms with E-state index in [4.69, 9.17) is 4.74 Å². The molecule has 0 aliphatic rings. The molecule has 1 atom stereocenters. The molecule has 0 aromatic carbocycles. The molecule has 0 aliphatic carbocycles. The summed E-state index contributed by atoms with van der Waals surface area (Å²) >= 11 is 0. The lowest BCUT2D eigenvalue weighted by Crippen LogP contribution is -2.43. The van der Waals surface area contributed by atoms with Crippen LogP contribution in [0.25, 0.3) is 0 Å². The molecular formula is C13H27NO. The summed E-state index contributed by atoms with van der Waals surface area (Å²) in [4.78, 5) is 0. The van der Waals surface area contributed by atoms with Gasteiger partial charge in [-0.3, -0.25) is 0 Å². The van der Waals surface area contributed by atoms with Crippen molar-refractivity contribution in [1.29, 1.82) is 0 Å². The second-order valence-electron chi connectivity index (χ2n) is 5.36.